The van der Waals surface area contributed by atoms with Gasteiger partial charge in [-0.05, 0) is 47.1 Å². The van der Waals surface area contributed by atoms with E-state index >= 15 is 0 Å². The van der Waals surface area contributed by atoms with Crippen LogP contribution in [-0.4, -0.2) is 29.2 Å². The summed E-state index contributed by atoms with van der Waals surface area (Å²) in [6.07, 6.45) is 10.1. The highest BCUT2D eigenvalue weighted by atomic mass is 16.5. The van der Waals surface area contributed by atoms with E-state index < -0.39 is 5.91 Å². The van der Waals surface area contributed by atoms with Crippen molar-refractivity contribution in [3.8, 4) is 0 Å². The van der Waals surface area contributed by atoms with E-state index in [0.717, 1.165) is 49.7 Å². The number of nitrogens with one attached hydrogen (secondary N) is 2. The van der Waals surface area contributed by atoms with E-state index in [1.165, 1.54) is 23.6 Å². The molecule has 6 heteroatoms. The van der Waals surface area contributed by atoms with Crippen LogP contribution in [0.1, 0.15) is 54.4 Å². The fourth-order valence-electron chi connectivity index (χ4n) is 4.93. The molecular weight excluding hydrogens is 416 g/mol. The Morgan fingerprint density at radius 1 is 1.00 bits per heavy atom. The molecule has 2 aliphatic carbocycles. The first-order chi connectivity index (χ1) is 16.1. The largest absolute Gasteiger partial charge is 0.460 e. The van der Waals surface area contributed by atoms with Crippen molar-refractivity contribution in [3.05, 3.63) is 76.9 Å². The van der Waals surface area contributed by atoms with E-state index in [2.05, 4.69) is 17.4 Å². The van der Waals surface area contributed by atoms with Gasteiger partial charge in [-0.3, -0.25) is 14.8 Å². The molecule has 2 aromatic rings. The Morgan fingerprint density at radius 2 is 1.67 bits per heavy atom. The normalized spacial score (nSPS) is 17.6. The lowest BCUT2D eigenvalue weighted by Gasteiger charge is -2.30. The van der Waals surface area contributed by atoms with Gasteiger partial charge in [-0.2, -0.15) is 0 Å². The van der Waals surface area contributed by atoms with Gasteiger partial charge >= 0.3 is 5.97 Å². The highest BCUT2D eigenvalue weighted by molar-refractivity contribution is 5.90. The number of benzene rings is 2. The van der Waals surface area contributed by atoms with Crippen molar-refractivity contribution in [3.63, 3.8) is 0 Å². The SMILES string of the molecule is O=C(/C=C/c1ccc(CN[C@H](C(=O)OC2Cc3ccccc3C2)C2CCCCC2)cc1)NO. The van der Waals surface area contributed by atoms with Crippen molar-refractivity contribution in [2.24, 2.45) is 5.92 Å². The maximum atomic E-state index is 13.3. The molecule has 0 unspecified atom stereocenters. The van der Waals surface area contributed by atoms with Crippen molar-refractivity contribution in [2.45, 2.75) is 63.6 Å². The molecule has 0 radical (unpaired) electrons. The van der Waals surface area contributed by atoms with Crippen molar-refractivity contribution in [1.29, 1.82) is 0 Å². The first kappa shape index (κ1) is 23.2. The molecule has 174 valence electrons. The molecule has 4 rings (SSSR count). The summed E-state index contributed by atoms with van der Waals surface area (Å²) in [6, 6.07) is 15.8. The lowest BCUT2D eigenvalue weighted by atomic mass is 9.83. The van der Waals surface area contributed by atoms with Gasteiger partial charge in [0.2, 0.25) is 0 Å². The van der Waals surface area contributed by atoms with Crippen LogP contribution in [0.25, 0.3) is 6.08 Å². The average molecular weight is 449 g/mol. The van der Waals surface area contributed by atoms with E-state index in [4.69, 9.17) is 9.94 Å². The summed E-state index contributed by atoms with van der Waals surface area (Å²) in [4.78, 5) is 24.4. The Balaban J connectivity index is 1.37. The standard InChI is InChI=1S/C27H32N2O4/c30-25(29-32)15-14-19-10-12-20(13-11-19)18-28-26(21-6-2-1-3-7-21)27(31)33-24-16-22-8-4-5-9-23(22)17-24/h4-5,8-15,21,24,26,28,32H,1-3,6-7,16-18H2,(H,29,30)/b15-14+/t26-/m0/s1. The lowest BCUT2D eigenvalue weighted by Crippen LogP contribution is -2.45. The van der Waals surface area contributed by atoms with Crippen molar-refractivity contribution < 1.29 is 19.5 Å². The van der Waals surface area contributed by atoms with Crippen LogP contribution in [0, 0.1) is 5.92 Å². The number of rotatable bonds is 8. The number of hydrogen-bond donors (Lipinski definition) is 3. The summed E-state index contributed by atoms with van der Waals surface area (Å²) in [5.74, 6) is -0.400. The van der Waals surface area contributed by atoms with E-state index in [0.29, 0.717) is 12.5 Å². The Labute approximate surface area is 195 Å². The minimum atomic E-state index is -0.570. The number of carbonyl (C=O) groups excluding carboxylic acids is 2. The smallest absolute Gasteiger partial charge is 0.323 e. The second kappa shape index (κ2) is 11.3. The van der Waals surface area contributed by atoms with Crippen LogP contribution in [0.4, 0.5) is 0 Å². The summed E-state index contributed by atoms with van der Waals surface area (Å²) in [5, 5.41) is 12.1. The van der Waals surface area contributed by atoms with Gasteiger partial charge in [0.1, 0.15) is 12.1 Å². The zero-order valence-corrected chi connectivity index (χ0v) is 18.8. The maximum absolute atomic E-state index is 13.3. The third-order valence-electron chi connectivity index (χ3n) is 6.71. The van der Waals surface area contributed by atoms with E-state index in [9.17, 15) is 9.59 Å². The van der Waals surface area contributed by atoms with Crippen LogP contribution in [0.3, 0.4) is 0 Å². The molecule has 3 N–H and O–H groups in total. The monoisotopic (exact) mass is 448 g/mol. The molecule has 0 bridgehead atoms. The van der Waals surface area contributed by atoms with Gasteiger partial charge in [0.05, 0.1) is 0 Å². The second-order valence-electron chi connectivity index (χ2n) is 9.04. The highest BCUT2D eigenvalue weighted by Gasteiger charge is 2.33. The van der Waals surface area contributed by atoms with Gasteiger partial charge in [-0.1, -0.05) is 67.8 Å². The number of esters is 1. The molecule has 2 aliphatic rings. The zero-order chi connectivity index (χ0) is 23.0. The summed E-state index contributed by atoms with van der Waals surface area (Å²) in [6.45, 7) is 0.572. The van der Waals surface area contributed by atoms with Crippen LogP contribution < -0.4 is 10.8 Å². The van der Waals surface area contributed by atoms with Gasteiger partial charge in [0.25, 0.3) is 5.91 Å². The molecule has 1 fully saturated rings. The lowest BCUT2D eigenvalue weighted by molar-refractivity contribution is -0.153. The van der Waals surface area contributed by atoms with Crippen LogP contribution in [-0.2, 0) is 33.7 Å². The Morgan fingerprint density at radius 3 is 2.30 bits per heavy atom. The van der Waals surface area contributed by atoms with Gasteiger partial charge in [0.15, 0.2) is 0 Å². The fraction of sp³-hybridized carbons (Fsp3) is 0.407. The summed E-state index contributed by atoms with van der Waals surface area (Å²) >= 11 is 0. The molecule has 1 amide bonds. The molecule has 2 aromatic carbocycles. The molecule has 33 heavy (non-hydrogen) atoms. The van der Waals surface area contributed by atoms with Crippen molar-refractivity contribution >= 4 is 18.0 Å². The molecular formula is C27H32N2O4. The molecule has 0 saturated heterocycles. The van der Waals surface area contributed by atoms with E-state index in [1.54, 1.807) is 11.6 Å². The summed E-state index contributed by atoms with van der Waals surface area (Å²) in [7, 11) is 0. The number of ether oxygens (including phenoxy) is 1. The van der Waals surface area contributed by atoms with Gasteiger partial charge in [-0.15, -0.1) is 0 Å². The van der Waals surface area contributed by atoms with Crippen LogP contribution in [0.5, 0.6) is 0 Å². The first-order valence-electron chi connectivity index (χ1n) is 11.8. The highest BCUT2D eigenvalue weighted by Crippen LogP contribution is 2.29. The summed E-state index contributed by atoms with van der Waals surface area (Å²) < 4.78 is 6.01. The van der Waals surface area contributed by atoms with Crippen molar-refractivity contribution in [2.75, 3.05) is 0 Å². The van der Waals surface area contributed by atoms with E-state index in [1.807, 2.05) is 36.4 Å². The minimum Gasteiger partial charge on any atom is -0.460 e. The average Bonchev–Trinajstić information content (AvgIpc) is 3.26. The number of carbonyl (C=O) groups is 2. The molecule has 1 saturated carbocycles. The zero-order valence-electron chi connectivity index (χ0n) is 18.8. The van der Waals surface area contributed by atoms with Crippen molar-refractivity contribution in [1.82, 2.24) is 10.8 Å². The Bertz CT molecular complexity index is 955. The van der Waals surface area contributed by atoms with Gasteiger partial charge < -0.3 is 10.1 Å². The molecule has 1 atom stereocenters. The minimum absolute atomic E-state index is 0.0787. The Hall–Kier alpha value is -2.96. The maximum Gasteiger partial charge on any atom is 0.323 e. The van der Waals surface area contributed by atoms with Crippen LogP contribution in [0.15, 0.2) is 54.6 Å². The molecule has 6 nitrogen and oxygen atoms in total. The second-order valence-corrected chi connectivity index (χ2v) is 9.04. The van der Waals surface area contributed by atoms with Crippen LogP contribution in [0.2, 0.25) is 0 Å². The third kappa shape index (κ3) is 6.30. The van der Waals surface area contributed by atoms with Crippen LogP contribution >= 0.6 is 0 Å². The number of hydrogen-bond acceptors (Lipinski definition) is 5. The van der Waals surface area contributed by atoms with Gasteiger partial charge in [0, 0.05) is 25.5 Å². The quantitative estimate of drug-likeness (QED) is 0.246. The summed E-state index contributed by atoms with van der Waals surface area (Å²) in [5.41, 5.74) is 6.04. The number of fused-ring (bicyclic) bond motifs is 1. The third-order valence-corrected chi connectivity index (χ3v) is 6.71. The Kier molecular flexibility index (Phi) is 7.92. The predicted molar refractivity (Wildman–Crippen MR) is 126 cm³/mol. The number of hydroxylamine groups is 1. The molecule has 0 spiro atoms. The molecule has 0 aliphatic heterocycles. The topological polar surface area (TPSA) is 87.7 Å². The molecule has 0 aromatic heterocycles. The van der Waals surface area contributed by atoms with E-state index in [-0.39, 0.29) is 18.1 Å². The molecule has 0 heterocycles. The fourth-order valence-corrected chi connectivity index (χ4v) is 4.93. The predicted octanol–water partition coefficient (Wildman–Crippen LogP) is 3.95. The number of amides is 1. The van der Waals surface area contributed by atoms with Gasteiger partial charge in [-0.25, -0.2) is 5.48 Å². The first-order valence-corrected chi connectivity index (χ1v) is 11.8.